The van der Waals surface area contributed by atoms with E-state index in [0.29, 0.717) is 24.4 Å². The van der Waals surface area contributed by atoms with Gasteiger partial charge in [0, 0.05) is 18.5 Å². The molecule has 1 aliphatic rings. The van der Waals surface area contributed by atoms with Crippen LogP contribution >= 0.6 is 0 Å². The van der Waals surface area contributed by atoms with Crippen LogP contribution in [0.5, 0.6) is 0 Å². The molecule has 1 aromatic heterocycles. The van der Waals surface area contributed by atoms with E-state index < -0.39 is 0 Å². The minimum absolute atomic E-state index is 0.300. The molecule has 2 rings (SSSR count). The molecular formula is C9H10N2O. The molecule has 0 radical (unpaired) electrons. The van der Waals surface area contributed by atoms with Gasteiger partial charge in [0.15, 0.2) is 0 Å². The molecule has 62 valence electrons. The van der Waals surface area contributed by atoms with E-state index >= 15 is 0 Å². The topological polar surface area (TPSA) is 56.0 Å². The molecule has 0 atom stereocenters. The molecule has 2 N–H and O–H groups in total. The van der Waals surface area contributed by atoms with Crippen molar-refractivity contribution in [2.75, 3.05) is 5.73 Å². The highest BCUT2D eigenvalue weighted by Gasteiger charge is 2.15. The SMILES string of the molecule is Nc1ccc2c(n1)CCC(=O)C2. The minimum atomic E-state index is 0.300. The number of nitrogen functional groups attached to an aromatic ring is 1. The van der Waals surface area contributed by atoms with Gasteiger partial charge in [0.2, 0.25) is 0 Å². The van der Waals surface area contributed by atoms with Crippen LogP contribution in [0.3, 0.4) is 0 Å². The molecule has 12 heavy (non-hydrogen) atoms. The van der Waals surface area contributed by atoms with E-state index in [1.54, 1.807) is 6.07 Å². The van der Waals surface area contributed by atoms with Crippen molar-refractivity contribution in [3.8, 4) is 0 Å². The van der Waals surface area contributed by atoms with Crippen LogP contribution in [-0.2, 0) is 17.6 Å². The Morgan fingerprint density at radius 2 is 2.17 bits per heavy atom. The Morgan fingerprint density at radius 3 is 3.00 bits per heavy atom. The number of rotatable bonds is 0. The Hall–Kier alpha value is -1.38. The molecule has 0 unspecified atom stereocenters. The summed E-state index contributed by atoms with van der Waals surface area (Å²) in [5, 5.41) is 0. The second kappa shape index (κ2) is 2.59. The molecule has 0 bridgehead atoms. The number of carbonyl (C=O) groups excluding carboxylic acids is 1. The Bertz CT molecular complexity index is 333. The van der Waals surface area contributed by atoms with Gasteiger partial charge in [-0.3, -0.25) is 4.79 Å². The average molecular weight is 162 g/mol. The maximum atomic E-state index is 11.1. The highest BCUT2D eigenvalue weighted by atomic mass is 16.1. The molecular weight excluding hydrogens is 152 g/mol. The molecule has 0 saturated carbocycles. The standard InChI is InChI=1S/C9H10N2O/c10-9-4-1-6-5-7(12)2-3-8(6)11-9/h1,4H,2-3,5H2,(H2,10,11). The molecule has 1 aliphatic carbocycles. The van der Waals surface area contributed by atoms with E-state index in [4.69, 9.17) is 5.73 Å². The van der Waals surface area contributed by atoms with Crippen LogP contribution in [0.15, 0.2) is 12.1 Å². The van der Waals surface area contributed by atoms with Crippen molar-refractivity contribution < 1.29 is 4.79 Å². The summed E-state index contributed by atoms with van der Waals surface area (Å²) in [6.45, 7) is 0. The van der Waals surface area contributed by atoms with E-state index in [1.165, 1.54) is 0 Å². The summed E-state index contributed by atoms with van der Waals surface area (Å²) in [5.74, 6) is 0.845. The van der Waals surface area contributed by atoms with E-state index in [0.717, 1.165) is 17.7 Å². The number of carbonyl (C=O) groups is 1. The van der Waals surface area contributed by atoms with Crippen molar-refractivity contribution in [3.05, 3.63) is 23.4 Å². The molecule has 0 aliphatic heterocycles. The first kappa shape index (κ1) is 7.28. The first-order valence-electron chi connectivity index (χ1n) is 4.01. The summed E-state index contributed by atoms with van der Waals surface area (Å²) < 4.78 is 0. The molecule has 0 fully saturated rings. The lowest BCUT2D eigenvalue weighted by Crippen LogP contribution is -2.15. The number of aryl methyl sites for hydroxylation is 1. The average Bonchev–Trinajstić information content (AvgIpc) is 2.05. The van der Waals surface area contributed by atoms with Crippen LogP contribution in [0.25, 0.3) is 0 Å². The Kier molecular flexibility index (Phi) is 1.57. The van der Waals surface area contributed by atoms with Crippen molar-refractivity contribution in [1.82, 2.24) is 4.98 Å². The van der Waals surface area contributed by atoms with Gasteiger partial charge in [-0.1, -0.05) is 6.07 Å². The highest BCUT2D eigenvalue weighted by Crippen LogP contribution is 2.17. The Morgan fingerprint density at radius 1 is 1.33 bits per heavy atom. The van der Waals surface area contributed by atoms with Crippen molar-refractivity contribution in [2.45, 2.75) is 19.3 Å². The van der Waals surface area contributed by atoms with Crippen molar-refractivity contribution in [3.63, 3.8) is 0 Å². The third-order valence-corrected chi connectivity index (χ3v) is 2.12. The molecule has 3 heteroatoms. The molecule has 3 nitrogen and oxygen atoms in total. The lowest BCUT2D eigenvalue weighted by molar-refractivity contribution is -0.118. The number of pyridine rings is 1. The largest absolute Gasteiger partial charge is 0.384 e. The van der Waals surface area contributed by atoms with Gasteiger partial charge >= 0.3 is 0 Å². The van der Waals surface area contributed by atoms with Crippen molar-refractivity contribution in [2.24, 2.45) is 0 Å². The van der Waals surface area contributed by atoms with E-state index in [2.05, 4.69) is 4.98 Å². The second-order valence-corrected chi connectivity index (χ2v) is 3.06. The molecule has 1 heterocycles. The van der Waals surface area contributed by atoms with Crippen molar-refractivity contribution in [1.29, 1.82) is 0 Å². The zero-order valence-corrected chi connectivity index (χ0v) is 6.71. The summed E-state index contributed by atoms with van der Waals surface area (Å²) >= 11 is 0. The number of hydrogen-bond acceptors (Lipinski definition) is 3. The predicted octanol–water partition coefficient (Wildman–Crippen LogP) is 0.722. The Balaban J connectivity index is 2.43. The molecule has 0 aromatic carbocycles. The summed E-state index contributed by atoms with van der Waals surface area (Å²) in [5.41, 5.74) is 7.56. The van der Waals surface area contributed by atoms with Crippen LogP contribution in [0.1, 0.15) is 17.7 Å². The first-order valence-corrected chi connectivity index (χ1v) is 4.01. The molecule has 0 amide bonds. The van der Waals surface area contributed by atoms with E-state index in [1.807, 2.05) is 6.07 Å². The molecule has 0 saturated heterocycles. The third kappa shape index (κ3) is 1.18. The quantitative estimate of drug-likeness (QED) is 0.611. The number of anilines is 1. The fourth-order valence-electron chi connectivity index (χ4n) is 1.48. The maximum Gasteiger partial charge on any atom is 0.137 e. The zero-order valence-electron chi connectivity index (χ0n) is 6.71. The summed E-state index contributed by atoms with van der Waals surface area (Å²) in [4.78, 5) is 15.2. The normalized spacial score (nSPS) is 15.8. The fraction of sp³-hybridized carbons (Fsp3) is 0.333. The van der Waals surface area contributed by atoms with Crippen molar-refractivity contribution >= 4 is 11.6 Å². The van der Waals surface area contributed by atoms with Gasteiger partial charge in [0.25, 0.3) is 0 Å². The van der Waals surface area contributed by atoms with Gasteiger partial charge in [-0.15, -0.1) is 0 Å². The first-order chi connectivity index (χ1) is 5.75. The van der Waals surface area contributed by atoms with Gasteiger partial charge in [-0.2, -0.15) is 0 Å². The predicted molar refractivity (Wildman–Crippen MR) is 45.7 cm³/mol. The van der Waals surface area contributed by atoms with Crippen LogP contribution in [0.2, 0.25) is 0 Å². The lowest BCUT2D eigenvalue weighted by atomic mass is 9.95. The molecule has 1 aromatic rings. The van der Waals surface area contributed by atoms with E-state index in [-0.39, 0.29) is 0 Å². The van der Waals surface area contributed by atoms with Gasteiger partial charge in [0.05, 0.1) is 0 Å². The minimum Gasteiger partial charge on any atom is -0.384 e. The van der Waals surface area contributed by atoms with Crippen LogP contribution in [-0.4, -0.2) is 10.8 Å². The third-order valence-electron chi connectivity index (χ3n) is 2.12. The summed E-state index contributed by atoms with van der Waals surface area (Å²) in [6.07, 6.45) is 1.89. The van der Waals surface area contributed by atoms with E-state index in [9.17, 15) is 4.79 Å². The maximum absolute atomic E-state index is 11.1. The van der Waals surface area contributed by atoms with Gasteiger partial charge < -0.3 is 5.73 Å². The summed E-state index contributed by atoms with van der Waals surface area (Å²) in [6, 6.07) is 3.64. The monoisotopic (exact) mass is 162 g/mol. The number of aromatic nitrogens is 1. The Labute approximate surface area is 70.6 Å². The van der Waals surface area contributed by atoms with Crippen LogP contribution < -0.4 is 5.73 Å². The molecule has 0 spiro atoms. The summed E-state index contributed by atoms with van der Waals surface area (Å²) in [7, 11) is 0. The number of nitrogens with two attached hydrogens (primary N) is 1. The van der Waals surface area contributed by atoms with Crippen LogP contribution in [0, 0.1) is 0 Å². The number of nitrogens with zero attached hydrogens (tertiary/aromatic N) is 1. The second-order valence-electron chi connectivity index (χ2n) is 3.06. The number of ketones is 1. The van der Waals surface area contributed by atoms with Gasteiger partial charge in [0.1, 0.15) is 11.6 Å². The smallest absolute Gasteiger partial charge is 0.137 e. The van der Waals surface area contributed by atoms with Gasteiger partial charge in [-0.05, 0) is 18.1 Å². The number of Topliss-reactive ketones (excluding diaryl/α,β-unsaturated/α-hetero) is 1. The fourth-order valence-corrected chi connectivity index (χ4v) is 1.48. The van der Waals surface area contributed by atoms with Gasteiger partial charge in [-0.25, -0.2) is 4.98 Å². The zero-order chi connectivity index (χ0) is 8.55. The highest BCUT2D eigenvalue weighted by molar-refractivity contribution is 5.82. The number of hydrogen-bond donors (Lipinski definition) is 1. The lowest BCUT2D eigenvalue weighted by Gasteiger charge is -2.13. The number of fused-ring (bicyclic) bond motifs is 1. The van der Waals surface area contributed by atoms with Crippen LogP contribution in [0.4, 0.5) is 5.82 Å².